The van der Waals surface area contributed by atoms with Crippen LogP contribution in [-0.4, -0.2) is 25.8 Å². The van der Waals surface area contributed by atoms with Crippen molar-refractivity contribution in [3.8, 4) is 0 Å². The van der Waals surface area contributed by atoms with Crippen LogP contribution in [0.5, 0.6) is 0 Å². The fraction of sp³-hybridized carbons (Fsp3) is 0.889. The SMILES string of the molecule is CCCOCCOC(=O)CCC. The number of carbonyl (C=O) groups excluding carboxylic acids is 1. The summed E-state index contributed by atoms with van der Waals surface area (Å²) in [6, 6.07) is 0. The molecule has 0 aliphatic heterocycles. The molecule has 0 aromatic carbocycles. The molecule has 3 nitrogen and oxygen atoms in total. The Morgan fingerprint density at radius 2 is 1.83 bits per heavy atom. The molecule has 0 spiro atoms. The van der Waals surface area contributed by atoms with Crippen LogP contribution in [-0.2, 0) is 14.3 Å². The largest absolute Gasteiger partial charge is 0.463 e. The summed E-state index contributed by atoms with van der Waals surface area (Å²) in [5, 5.41) is 0. The van der Waals surface area contributed by atoms with E-state index in [1.807, 2.05) is 13.8 Å². The van der Waals surface area contributed by atoms with E-state index in [9.17, 15) is 4.79 Å². The minimum absolute atomic E-state index is 0.127. The third-order valence-electron chi connectivity index (χ3n) is 1.29. The molecule has 3 heteroatoms. The normalized spacial score (nSPS) is 9.83. The number of ether oxygens (including phenoxy) is 2. The Hall–Kier alpha value is -0.570. The van der Waals surface area contributed by atoms with Crippen LogP contribution in [0.1, 0.15) is 33.1 Å². The summed E-state index contributed by atoms with van der Waals surface area (Å²) in [5.74, 6) is -0.127. The number of rotatable bonds is 7. The molecular formula is C9H18O3. The number of esters is 1. The van der Waals surface area contributed by atoms with Crippen LogP contribution in [0, 0.1) is 0 Å². The van der Waals surface area contributed by atoms with E-state index >= 15 is 0 Å². The topological polar surface area (TPSA) is 35.5 Å². The first kappa shape index (κ1) is 11.4. The van der Waals surface area contributed by atoms with E-state index in [1.54, 1.807) is 0 Å². The van der Waals surface area contributed by atoms with E-state index in [4.69, 9.17) is 9.47 Å². The van der Waals surface area contributed by atoms with Gasteiger partial charge in [0, 0.05) is 13.0 Å². The molecule has 0 saturated heterocycles. The van der Waals surface area contributed by atoms with Gasteiger partial charge in [0.25, 0.3) is 0 Å². The third-order valence-corrected chi connectivity index (χ3v) is 1.29. The van der Waals surface area contributed by atoms with Gasteiger partial charge in [0.1, 0.15) is 6.61 Å². The second kappa shape index (κ2) is 8.53. The quantitative estimate of drug-likeness (QED) is 0.436. The summed E-state index contributed by atoms with van der Waals surface area (Å²) in [6.45, 7) is 5.64. The van der Waals surface area contributed by atoms with E-state index in [0.717, 1.165) is 19.4 Å². The Kier molecular flexibility index (Phi) is 8.12. The van der Waals surface area contributed by atoms with Gasteiger partial charge in [-0.2, -0.15) is 0 Å². The Bertz CT molecular complexity index is 112. The lowest BCUT2D eigenvalue weighted by Crippen LogP contribution is -2.10. The summed E-state index contributed by atoms with van der Waals surface area (Å²) in [4.78, 5) is 10.8. The van der Waals surface area contributed by atoms with Gasteiger partial charge in [-0.3, -0.25) is 4.79 Å². The average Bonchev–Trinajstić information content (AvgIpc) is 2.05. The highest BCUT2D eigenvalue weighted by molar-refractivity contribution is 5.69. The molecule has 0 radical (unpaired) electrons. The number of hydrogen-bond donors (Lipinski definition) is 0. The highest BCUT2D eigenvalue weighted by atomic mass is 16.6. The van der Waals surface area contributed by atoms with Crippen LogP contribution in [0.4, 0.5) is 0 Å². The summed E-state index contributed by atoms with van der Waals surface area (Å²) in [6.07, 6.45) is 2.35. The van der Waals surface area contributed by atoms with Gasteiger partial charge in [0.15, 0.2) is 0 Å². The van der Waals surface area contributed by atoms with Crippen molar-refractivity contribution in [2.45, 2.75) is 33.1 Å². The van der Waals surface area contributed by atoms with Gasteiger partial charge in [-0.05, 0) is 12.8 Å². The zero-order chi connectivity index (χ0) is 9.23. The van der Waals surface area contributed by atoms with Gasteiger partial charge in [0.05, 0.1) is 6.61 Å². The van der Waals surface area contributed by atoms with Gasteiger partial charge in [-0.1, -0.05) is 13.8 Å². The standard InChI is InChI=1S/C9H18O3/c1-3-5-9(10)12-8-7-11-6-4-2/h3-8H2,1-2H3. The molecule has 0 heterocycles. The molecule has 0 bridgehead atoms. The summed E-state index contributed by atoms with van der Waals surface area (Å²) >= 11 is 0. The van der Waals surface area contributed by atoms with Crippen molar-refractivity contribution in [1.82, 2.24) is 0 Å². The monoisotopic (exact) mass is 174 g/mol. The van der Waals surface area contributed by atoms with E-state index in [1.165, 1.54) is 0 Å². The molecule has 0 saturated carbocycles. The maximum absolute atomic E-state index is 10.8. The van der Waals surface area contributed by atoms with Crippen molar-refractivity contribution in [2.24, 2.45) is 0 Å². The van der Waals surface area contributed by atoms with E-state index < -0.39 is 0 Å². The van der Waals surface area contributed by atoms with E-state index in [0.29, 0.717) is 19.6 Å². The van der Waals surface area contributed by atoms with E-state index in [-0.39, 0.29) is 5.97 Å². The fourth-order valence-electron chi connectivity index (χ4n) is 0.737. The van der Waals surface area contributed by atoms with Crippen molar-refractivity contribution < 1.29 is 14.3 Å². The van der Waals surface area contributed by atoms with Crippen LogP contribution >= 0.6 is 0 Å². The van der Waals surface area contributed by atoms with Crippen molar-refractivity contribution in [2.75, 3.05) is 19.8 Å². The molecule has 0 amide bonds. The Morgan fingerprint density at radius 1 is 1.08 bits per heavy atom. The predicted octanol–water partition coefficient (Wildman–Crippen LogP) is 1.76. The lowest BCUT2D eigenvalue weighted by Gasteiger charge is -2.03. The predicted molar refractivity (Wildman–Crippen MR) is 47.0 cm³/mol. The highest BCUT2D eigenvalue weighted by Crippen LogP contribution is 1.91. The average molecular weight is 174 g/mol. The minimum atomic E-state index is -0.127. The van der Waals surface area contributed by atoms with Crippen LogP contribution in [0.15, 0.2) is 0 Å². The maximum Gasteiger partial charge on any atom is 0.305 e. The van der Waals surface area contributed by atoms with Crippen molar-refractivity contribution in [3.63, 3.8) is 0 Å². The Morgan fingerprint density at radius 3 is 2.42 bits per heavy atom. The van der Waals surface area contributed by atoms with Gasteiger partial charge in [-0.25, -0.2) is 0 Å². The lowest BCUT2D eigenvalue weighted by atomic mass is 10.3. The van der Waals surface area contributed by atoms with Gasteiger partial charge >= 0.3 is 5.97 Å². The Balaban J connectivity index is 3.03. The van der Waals surface area contributed by atoms with Crippen molar-refractivity contribution >= 4 is 5.97 Å². The molecule has 0 N–H and O–H groups in total. The van der Waals surface area contributed by atoms with Crippen LogP contribution in [0.25, 0.3) is 0 Å². The first-order valence-electron chi connectivity index (χ1n) is 4.54. The summed E-state index contributed by atoms with van der Waals surface area (Å²) in [7, 11) is 0. The molecular weight excluding hydrogens is 156 g/mol. The minimum Gasteiger partial charge on any atom is -0.463 e. The molecule has 72 valence electrons. The maximum atomic E-state index is 10.8. The van der Waals surface area contributed by atoms with Crippen molar-refractivity contribution in [1.29, 1.82) is 0 Å². The highest BCUT2D eigenvalue weighted by Gasteiger charge is 1.98. The number of carbonyl (C=O) groups is 1. The lowest BCUT2D eigenvalue weighted by molar-refractivity contribution is -0.145. The molecule has 0 unspecified atom stereocenters. The van der Waals surface area contributed by atoms with Gasteiger partial charge in [-0.15, -0.1) is 0 Å². The molecule has 0 rings (SSSR count). The molecule has 12 heavy (non-hydrogen) atoms. The third kappa shape index (κ3) is 7.54. The molecule has 0 fully saturated rings. The van der Waals surface area contributed by atoms with Gasteiger partial charge < -0.3 is 9.47 Å². The second-order valence-corrected chi connectivity index (χ2v) is 2.58. The second-order valence-electron chi connectivity index (χ2n) is 2.58. The first-order valence-corrected chi connectivity index (χ1v) is 4.54. The Labute approximate surface area is 74.0 Å². The van der Waals surface area contributed by atoms with Crippen LogP contribution in [0.2, 0.25) is 0 Å². The van der Waals surface area contributed by atoms with Gasteiger partial charge in [0.2, 0.25) is 0 Å². The first-order chi connectivity index (χ1) is 5.81. The molecule has 0 aliphatic carbocycles. The molecule has 0 atom stereocenters. The summed E-state index contributed by atoms with van der Waals surface area (Å²) in [5.41, 5.74) is 0. The van der Waals surface area contributed by atoms with Crippen LogP contribution < -0.4 is 0 Å². The fourth-order valence-corrected chi connectivity index (χ4v) is 0.737. The van der Waals surface area contributed by atoms with Crippen molar-refractivity contribution in [3.05, 3.63) is 0 Å². The summed E-state index contributed by atoms with van der Waals surface area (Å²) < 4.78 is 10.00. The zero-order valence-corrected chi connectivity index (χ0v) is 7.97. The number of hydrogen-bond acceptors (Lipinski definition) is 3. The molecule has 0 aromatic heterocycles. The molecule has 0 aliphatic rings. The van der Waals surface area contributed by atoms with Crippen LogP contribution in [0.3, 0.4) is 0 Å². The zero-order valence-electron chi connectivity index (χ0n) is 7.97. The molecule has 0 aromatic rings. The smallest absolute Gasteiger partial charge is 0.305 e. The van der Waals surface area contributed by atoms with E-state index in [2.05, 4.69) is 0 Å².